The average molecular weight is 435 g/mol. The first-order valence-electron chi connectivity index (χ1n) is 10.7. The fraction of sp³-hybridized carbons (Fsp3) is 0.480. The van der Waals surface area contributed by atoms with E-state index in [0.29, 0.717) is 11.3 Å². The summed E-state index contributed by atoms with van der Waals surface area (Å²) in [7, 11) is 0. The van der Waals surface area contributed by atoms with Crippen LogP contribution in [0.4, 0.5) is 18.9 Å². The molecule has 0 aromatic heterocycles. The number of carbonyl (C=O) groups is 1. The second kappa shape index (κ2) is 10.2. The second-order valence-electron chi connectivity index (χ2n) is 9.07. The van der Waals surface area contributed by atoms with Crippen molar-refractivity contribution in [1.29, 1.82) is 0 Å². The van der Waals surface area contributed by atoms with Crippen LogP contribution in [-0.2, 0) is 10.2 Å². The number of hydrogen-bond acceptors (Lipinski definition) is 2. The summed E-state index contributed by atoms with van der Waals surface area (Å²) >= 11 is 0. The summed E-state index contributed by atoms with van der Waals surface area (Å²) in [6.07, 6.45) is 3.90. The summed E-state index contributed by atoms with van der Waals surface area (Å²) in [6.45, 7) is 11.6. The molecule has 0 bridgehead atoms. The molecule has 3 nitrogen and oxygen atoms in total. The Labute approximate surface area is 183 Å². The molecule has 6 heteroatoms. The number of alkyl halides is 2. The highest BCUT2D eigenvalue weighted by Gasteiger charge is 2.36. The lowest BCUT2D eigenvalue weighted by Crippen LogP contribution is -2.47. The van der Waals surface area contributed by atoms with Gasteiger partial charge < -0.3 is 10.6 Å². The van der Waals surface area contributed by atoms with Crippen LogP contribution in [0.3, 0.4) is 0 Å². The zero-order valence-corrected chi connectivity index (χ0v) is 18.8. The fourth-order valence-electron chi connectivity index (χ4n) is 3.51. The number of hydrogen-bond donors (Lipinski definition) is 2. The highest BCUT2D eigenvalue weighted by atomic mass is 19.3. The largest absolute Gasteiger partial charge is 0.370 e. The van der Waals surface area contributed by atoms with Gasteiger partial charge in [-0.05, 0) is 54.5 Å². The maximum absolute atomic E-state index is 14.0. The second-order valence-corrected chi connectivity index (χ2v) is 9.07. The Morgan fingerprint density at radius 2 is 1.77 bits per heavy atom. The van der Waals surface area contributed by atoms with Crippen molar-refractivity contribution >= 4 is 11.6 Å². The zero-order chi connectivity index (χ0) is 23.2. The minimum Gasteiger partial charge on any atom is -0.370 e. The lowest BCUT2D eigenvalue weighted by atomic mass is 9.87. The first-order chi connectivity index (χ1) is 14.4. The van der Waals surface area contributed by atoms with E-state index in [1.807, 2.05) is 24.3 Å². The van der Waals surface area contributed by atoms with E-state index in [9.17, 15) is 18.0 Å². The molecule has 1 atom stereocenters. The number of halogens is 3. The molecule has 1 amide bonds. The molecule has 0 aliphatic heterocycles. The van der Waals surface area contributed by atoms with Crippen LogP contribution in [0.2, 0.25) is 0 Å². The predicted molar refractivity (Wildman–Crippen MR) is 121 cm³/mol. The minimum atomic E-state index is -2.67. The van der Waals surface area contributed by atoms with Gasteiger partial charge in [0, 0.05) is 24.6 Å². The van der Waals surface area contributed by atoms with E-state index in [2.05, 4.69) is 38.0 Å². The van der Waals surface area contributed by atoms with Gasteiger partial charge in [-0.1, -0.05) is 51.6 Å². The molecular weight excluding hydrogens is 401 g/mol. The highest BCUT2D eigenvalue weighted by Crippen LogP contribution is 2.33. The van der Waals surface area contributed by atoms with Crippen LogP contribution >= 0.6 is 0 Å². The average Bonchev–Trinajstić information content (AvgIpc) is 2.71. The molecule has 0 heterocycles. The van der Waals surface area contributed by atoms with Crippen LogP contribution in [-0.4, -0.2) is 23.9 Å². The Morgan fingerprint density at radius 3 is 2.26 bits per heavy atom. The van der Waals surface area contributed by atoms with Crippen LogP contribution in [0.1, 0.15) is 58.9 Å². The van der Waals surface area contributed by atoms with Gasteiger partial charge >= 0.3 is 0 Å². The molecule has 1 aromatic rings. The van der Waals surface area contributed by atoms with Gasteiger partial charge in [0.05, 0.1) is 0 Å². The highest BCUT2D eigenvalue weighted by molar-refractivity contribution is 5.89. The van der Waals surface area contributed by atoms with Crippen LogP contribution < -0.4 is 10.6 Å². The third kappa shape index (κ3) is 7.30. The number of allylic oxidation sites excluding steroid dienone is 3. The molecule has 0 saturated heterocycles. The van der Waals surface area contributed by atoms with Crippen molar-refractivity contribution in [3.63, 3.8) is 0 Å². The van der Waals surface area contributed by atoms with Gasteiger partial charge in [0.1, 0.15) is 11.9 Å². The molecule has 1 fully saturated rings. The lowest BCUT2D eigenvalue weighted by Gasteiger charge is -2.30. The number of nitrogens with one attached hydrogen (secondary N) is 2. The molecule has 1 unspecified atom stereocenters. The molecule has 0 spiro atoms. The molecule has 2 N–H and O–H groups in total. The van der Waals surface area contributed by atoms with E-state index in [4.69, 9.17) is 0 Å². The molecule has 0 radical (unpaired) electrons. The predicted octanol–water partition coefficient (Wildman–Crippen LogP) is 6.44. The van der Waals surface area contributed by atoms with Gasteiger partial charge in [-0.15, -0.1) is 0 Å². The molecule has 1 saturated carbocycles. The number of rotatable bonds is 7. The number of benzene rings is 1. The van der Waals surface area contributed by atoms with Crippen molar-refractivity contribution < 1.29 is 18.0 Å². The number of amides is 1. The third-order valence-corrected chi connectivity index (χ3v) is 5.54. The summed E-state index contributed by atoms with van der Waals surface area (Å²) in [6, 6.07) is 6.45. The summed E-state index contributed by atoms with van der Waals surface area (Å²) in [5, 5.41) is 6.00. The monoisotopic (exact) mass is 434 g/mol. The minimum absolute atomic E-state index is 0.0143. The van der Waals surface area contributed by atoms with Gasteiger partial charge in [-0.25, -0.2) is 13.2 Å². The molecule has 170 valence electrons. The van der Waals surface area contributed by atoms with Crippen LogP contribution in [0.15, 0.2) is 60.5 Å². The summed E-state index contributed by atoms with van der Waals surface area (Å²) < 4.78 is 40.8. The van der Waals surface area contributed by atoms with E-state index in [-0.39, 0.29) is 37.1 Å². The van der Waals surface area contributed by atoms with Gasteiger partial charge in [0.25, 0.3) is 0 Å². The van der Waals surface area contributed by atoms with Gasteiger partial charge in [-0.3, -0.25) is 4.79 Å². The molecule has 31 heavy (non-hydrogen) atoms. The van der Waals surface area contributed by atoms with Gasteiger partial charge in [0.2, 0.25) is 11.8 Å². The quantitative estimate of drug-likeness (QED) is 0.485. The zero-order valence-electron chi connectivity index (χ0n) is 18.8. The van der Waals surface area contributed by atoms with E-state index in [0.717, 1.165) is 5.56 Å². The van der Waals surface area contributed by atoms with Crippen molar-refractivity contribution in [2.45, 2.75) is 76.8 Å². The van der Waals surface area contributed by atoms with Crippen molar-refractivity contribution in [3.8, 4) is 0 Å². The van der Waals surface area contributed by atoms with E-state index < -0.39 is 23.7 Å². The van der Waals surface area contributed by atoms with E-state index in [1.165, 1.54) is 18.2 Å². The van der Waals surface area contributed by atoms with Gasteiger partial charge in [-0.2, -0.15) is 0 Å². The molecule has 1 aliphatic carbocycles. The Kier molecular flexibility index (Phi) is 8.15. The Balaban J connectivity index is 2.25. The van der Waals surface area contributed by atoms with E-state index >= 15 is 0 Å². The van der Waals surface area contributed by atoms with E-state index in [1.54, 1.807) is 6.92 Å². The Morgan fingerprint density at radius 1 is 1.19 bits per heavy atom. The fourth-order valence-corrected chi connectivity index (χ4v) is 3.51. The first-order valence-corrected chi connectivity index (χ1v) is 10.7. The SMILES string of the molecule is C=C/C(=C\C(F)=C/C)C(Nc1ccc(C(C)(C)C)cc1)C(=O)NC1CCC(F)(F)CC1. The standard InChI is InChI=1S/C25H33F3N2O/c1-6-17(16-19(26)7-2)22(23(31)30-21-12-14-25(27,28)15-13-21)29-20-10-8-18(9-11-20)24(3,4)5/h6-11,16,21-22,29H,1,12-15H2,2-5H3,(H,30,31)/b17-16+,19-7+. The summed E-state index contributed by atoms with van der Waals surface area (Å²) in [4.78, 5) is 13.1. The van der Waals surface area contributed by atoms with Crippen LogP contribution in [0.25, 0.3) is 0 Å². The van der Waals surface area contributed by atoms with Crippen LogP contribution in [0, 0.1) is 0 Å². The molecule has 2 rings (SSSR count). The molecule has 1 aromatic carbocycles. The Bertz CT molecular complexity index is 825. The third-order valence-electron chi connectivity index (χ3n) is 5.54. The maximum atomic E-state index is 14.0. The van der Waals surface area contributed by atoms with Crippen LogP contribution in [0.5, 0.6) is 0 Å². The Hall–Kier alpha value is -2.50. The van der Waals surface area contributed by atoms with Crippen molar-refractivity contribution in [3.05, 3.63) is 66.0 Å². The molecule has 1 aliphatic rings. The van der Waals surface area contributed by atoms with Crippen molar-refractivity contribution in [2.24, 2.45) is 0 Å². The first kappa shape index (κ1) is 24.8. The smallest absolute Gasteiger partial charge is 0.248 e. The van der Waals surface area contributed by atoms with Gasteiger partial charge in [0.15, 0.2) is 0 Å². The van der Waals surface area contributed by atoms with Crippen molar-refractivity contribution in [1.82, 2.24) is 5.32 Å². The molecular formula is C25H33F3N2O. The lowest BCUT2D eigenvalue weighted by molar-refractivity contribution is -0.122. The van der Waals surface area contributed by atoms with Crippen molar-refractivity contribution in [2.75, 3.05) is 5.32 Å². The topological polar surface area (TPSA) is 41.1 Å². The number of anilines is 1. The maximum Gasteiger partial charge on any atom is 0.248 e. The summed E-state index contributed by atoms with van der Waals surface area (Å²) in [5.74, 6) is -3.56. The summed E-state index contributed by atoms with van der Waals surface area (Å²) in [5.41, 5.74) is 2.17. The normalized spacial score (nSPS) is 18.9. The number of carbonyl (C=O) groups excluding carboxylic acids is 1.